The van der Waals surface area contributed by atoms with Crippen molar-refractivity contribution >= 4 is 17.8 Å². The van der Waals surface area contributed by atoms with Crippen LogP contribution in [0.25, 0.3) is 0 Å². The van der Waals surface area contributed by atoms with Crippen LogP contribution in [0.1, 0.15) is 48.0 Å². The SMILES string of the molecule is NC(=O)CC[C@@H](NC(=O)c1n[nH]c(C2CC2)n1)C(=O)O. The van der Waals surface area contributed by atoms with Gasteiger partial charge in [0.2, 0.25) is 11.7 Å². The summed E-state index contributed by atoms with van der Waals surface area (Å²) >= 11 is 0. The van der Waals surface area contributed by atoms with Gasteiger partial charge in [-0.3, -0.25) is 14.7 Å². The number of aliphatic carboxylic acids is 1. The number of primary amides is 1. The van der Waals surface area contributed by atoms with Gasteiger partial charge in [0.15, 0.2) is 0 Å². The molecule has 1 aromatic rings. The van der Waals surface area contributed by atoms with E-state index in [-0.39, 0.29) is 18.7 Å². The molecule has 1 aliphatic rings. The molecule has 0 unspecified atom stereocenters. The zero-order valence-corrected chi connectivity index (χ0v) is 10.6. The average Bonchev–Trinajstić information content (AvgIpc) is 3.11. The van der Waals surface area contributed by atoms with E-state index in [1.165, 1.54) is 0 Å². The topological polar surface area (TPSA) is 151 Å². The number of nitrogens with zero attached hydrogens (tertiary/aromatic N) is 2. The molecule has 1 saturated carbocycles. The van der Waals surface area contributed by atoms with E-state index in [0.29, 0.717) is 11.7 Å². The van der Waals surface area contributed by atoms with E-state index in [4.69, 9.17) is 10.8 Å². The molecule has 1 aromatic heterocycles. The van der Waals surface area contributed by atoms with Crippen LogP contribution in [0.2, 0.25) is 0 Å². The summed E-state index contributed by atoms with van der Waals surface area (Å²) in [4.78, 5) is 37.5. The molecule has 2 amide bonds. The Morgan fingerprint density at radius 1 is 1.45 bits per heavy atom. The summed E-state index contributed by atoms with van der Waals surface area (Å²) in [6.07, 6.45) is 1.81. The highest BCUT2D eigenvalue weighted by Gasteiger charge is 2.29. The molecule has 0 aromatic carbocycles. The molecule has 0 spiro atoms. The van der Waals surface area contributed by atoms with E-state index < -0.39 is 23.8 Å². The summed E-state index contributed by atoms with van der Waals surface area (Å²) in [6.45, 7) is 0. The van der Waals surface area contributed by atoms with E-state index in [2.05, 4.69) is 20.5 Å². The fraction of sp³-hybridized carbons (Fsp3) is 0.545. The average molecular weight is 281 g/mol. The van der Waals surface area contributed by atoms with Crippen LogP contribution >= 0.6 is 0 Å². The van der Waals surface area contributed by atoms with Gasteiger partial charge in [0.05, 0.1) is 0 Å². The predicted molar refractivity (Wildman–Crippen MR) is 65.7 cm³/mol. The Balaban J connectivity index is 1.95. The second-order valence-corrected chi connectivity index (χ2v) is 4.69. The Kier molecular flexibility index (Phi) is 3.97. The number of hydrogen-bond acceptors (Lipinski definition) is 5. The van der Waals surface area contributed by atoms with Crippen LogP contribution in [0.5, 0.6) is 0 Å². The monoisotopic (exact) mass is 281 g/mol. The van der Waals surface area contributed by atoms with Gasteiger partial charge in [0.1, 0.15) is 11.9 Å². The maximum absolute atomic E-state index is 11.8. The molecule has 0 aliphatic heterocycles. The number of carboxylic acids is 1. The van der Waals surface area contributed by atoms with Crippen LogP contribution in [-0.2, 0) is 9.59 Å². The molecule has 108 valence electrons. The summed E-state index contributed by atoms with van der Waals surface area (Å²) in [5, 5.41) is 17.6. The molecule has 0 saturated heterocycles. The highest BCUT2D eigenvalue weighted by Crippen LogP contribution is 2.37. The summed E-state index contributed by atoms with van der Waals surface area (Å²) in [7, 11) is 0. The van der Waals surface area contributed by atoms with Crippen molar-refractivity contribution < 1.29 is 19.5 Å². The van der Waals surface area contributed by atoms with E-state index >= 15 is 0 Å². The smallest absolute Gasteiger partial charge is 0.326 e. The van der Waals surface area contributed by atoms with Gasteiger partial charge in [0, 0.05) is 12.3 Å². The first kappa shape index (κ1) is 14.0. The Hall–Kier alpha value is -2.45. The zero-order valence-electron chi connectivity index (χ0n) is 10.6. The fourth-order valence-corrected chi connectivity index (χ4v) is 1.68. The van der Waals surface area contributed by atoms with E-state index in [9.17, 15) is 14.4 Å². The lowest BCUT2D eigenvalue weighted by atomic mass is 10.1. The summed E-state index contributed by atoms with van der Waals surface area (Å²) < 4.78 is 0. The van der Waals surface area contributed by atoms with Crippen molar-refractivity contribution in [3.8, 4) is 0 Å². The molecule has 1 fully saturated rings. The van der Waals surface area contributed by atoms with E-state index in [0.717, 1.165) is 12.8 Å². The largest absolute Gasteiger partial charge is 0.480 e. The number of aromatic nitrogens is 3. The number of carbonyl (C=O) groups excluding carboxylic acids is 2. The lowest BCUT2D eigenvalue weighted by Gasteiger charge is -2.11. The van der Waals surface area contributed by atoms with Crippen LogP contribution in [0.4, 0.5) is 0 Å². The first-order valence-corrected chi connectivity index (χ1v) is 6.21. The van der Waals surface area contributed by atoms with Crippen LogP contribution in [0.15, 0.2) is 0 Å². The highest BCUT2D eigenvalue weighted by atomic mass is 16.4. The number of amides is 2. The lowest BCUT2D eigenvalue weighted by molar-refractivity contribution is -0.139. The summed E-state index contributed by atoms with van der Waals surface area (Å²) in [5.74, 6) is -1.70. The molecule has 1 heterocycles. The van der Waals surface area contributed by atoms with Crippen molar-refractivity contribution in [3.63, 3.8) is 0 Å². The molecule has 2 rings (SSSR count). The molecular formula is C11H15N5O4. The van der Waals surface area contributed by atoms with Gasteiger partial charge in [-0.15, -0.1) is 5.10 Å². The van der Waals surface area contributed by atoms with E-state index in [1.807, 2.05) is 0 Å². The minimum atomic E-state index is -1.24. The lowest BCUT2D eigenvalue weighted by Crippen LogP contribution is -2.41. The Bertz CT molecular complexity index is 537. The number of carbonyl (C=O) groups is 3. The third-order valence-electron chi connectivity index (χ3n) is 2.95. The summed E-state index contributed by atoms with van der Waals surface area (Å²) in [6, 6.07) is -1.20. The molecular weight excluding hydrogens is 266 g/mol. The van der Waals surface area contributed by atoms with Gasteiger partial charge >= 0.3 is 5.97 Å². The maximum atomic E-state index is 11.8. The van der Waals surface area contributed by atoms with Gasteiger partial charge < -0.3 is 16.2 Å². The molecule has 1 atom stereocenters. The van der Waals surface area contributed by atoms with Crippen molar-refractivity contribution in [2.75, 3.05) is 0 Å². The third-order valence-corrected chi connectivity index (χ3v) is 2.95. The maximum Gasteiger partial charge on any atom is 0.326 e. The second-order valence-electron chi connectivity index (χ2n) is 4.69. The predicted octanol–water partition coefficient (Wildman–Crippen LogP) is -0.869. The number of aromatic amines is 1. The quantitative estimate of drug-likeness (QED) is 0.510. The number of nitrogens with one attached hydrogen (secondary N) is 2. The van der Waals surface area contributed by atoms with Gasteiger partial charge in [-0.25, -0.2) is 9.78 Å². The van der Waals surface area contributed by atoms with Crippen molar-refractivity contribution in [2.45, 2.75) is 37.6 Å². The number of nitrogens with two attached hydrogens (primary N) is 1. The minimum Gasteiger partial charge on any atom is -0.480 e. The summed E-state index contributed by atoms with van der Waals surface area (Å²) in [5.41, 5.74) is 4.95. The van der Waals surface area contributed by atoms with Crippen LogP contribution in [0.3, 0.4) is 0 Å². The third kappa shape index (κ3) is 3.53. The first-order chi connectivity index (χ1) is 9.47. The number of hydrogen-bond donors (Lipinski definition) is 4. The number of rotatable bonds is 7. The first-order valence-electron chi connectivity index (χ1n) is 6.21. The normalized spacial score (nSPS) is 15.6. The molecule has 20 heavy (non-hydrogen) atoms. The fourth-order valence-electron chi connectivity index (χ4n) is 1.68. The Labute approximate surface area is 113 Å². The van der Waals surface area contributed by atoms with Crippen LogP contribution in [0, 0.1) is 0 Å². The molecule has 9 nitrogen and oxygen atoms in total. The van der Waals surface area contributed by atoms with Gasteiger partial charge in [-0.05, 0) is 19.3 Å². The van der Waals surface area contributed by atoms with E-state index in [1.54, 1.807) is 0 Å². The molecule has 5 N–H and O–H groups in total. The number of carboxylic acid groups (broad SMARTS) is 1. The van der Waals surface area contributed by atoms with Crippen LogP contribution < -0.4 is 11.1 Å². The Morgan fingerprint density at radius 2 is 2.15 bits per heavy atom. The minimum absolute atomic E-state index is 0.0731. The zero-order chi connectivity index (χ0) is 14.7. The Morgan fingerprint density at radius 3 is 2.70 bits per heavy atom. The van der Waals surface area contributed by atoms with Crippen LogP contribution in [-0.4, -0.2) is 44.1 Å². The van der Waals surface area contributed by atoms with Crippen molar-refractivity contribution in [1.82, 2.24) is 20.5 Å². The standard InChI is InChI=1S/C11H15N5O4/c12-7(17)4-3-6(11(19)20)13-10(18)9-14-8(15-16-9)5-1-2-5/h5-6H,1-4H2,(H2,12,17)(H,13,18)(H,19,20)(H,14,15,16)/t6-/m1/s1. The van der Waals surface area contributed by atoms with Crippen molar-refractivity contribution in [1.29, 1.82) is 0 Å². The van der Waals surface area contributed by atoms with Gasteiger partial charge in [0.25, 0.3) is 5.91 Å². The molecule has 1 aliphatic carbocycles. The van der Waals surface area contributed by atoms with Crippen molar-refractivity contribution in [2.24, 2.45) is 5.73 Å². The van der Waals surface area contributed by atoms with Crippen molar-refractivity contribution in [3.05, 3.63) is 11.6 Å². The molecule has 0 radical (unpaired) electrons. The highest BCUT2D eigenvalue weighted by molar-refractivity contribution is 5.93. The second kappa shape index (κ2) is 5.68. The molecule has 0 bridgehead atoms. The molecule has 9 heteroatoms. The van der Waals surface area contributed by atoms with Gasteiger partial charge in [-0.1, -0.05) is 0 Å². The number of H-pyrrole nitrogens is 1. The van der Waals surface area contributed by atoms with Gasteiger partial charge in [-0.2, -0.15) is 0 Å².